The Morgan fingerprint density at radius 1 is 1.05 bits per heavy atom. The topological polar surface area (TPSA) is 41.5 Å². The summed E-state index contributed by atoms with van der Waals surface area (Å²) in [5.41, 5.74) is 0. The van der Waals surface area contributed by atoms with Crippen molar-refractivity contribution >= 4 is 17.5 Å². The predicted octanol–water partition coefficient (Wildman–Crippen LogP) is 2.33. The van der Waals surface area contributed by atoms with Crippen LogP contribution in [-0.2, 0) is 0 Å². The Hall–Kier alpha value is -1.85. The summed E-state index contributed by atoms with van der Waals surface area (Å²) in [6.07, 6.45) is 3.57. The highest BCUT2D eigenvalue weighted by molar-refractivity contribution is 6.30. The number of piperazine rings is 1. The lowest BCUT2D eigenvalue weighted by Gasteiger charge is -2.34. The fourth-order valence-electron chi connectivity index (χ4n) is 2.48. The van der Waals surface area contributed by atoms with Crippen LogP contribution >= 0.6 is 11.6 Å². The van der Waals surface area contributed by atoms with E-state index in [1.54, 1.807) is 12.4 Å². The van der Waals surface area contributed by atoms with Crippen LogP contribution in [0, 0.1) is 0 Å². The summed E-state index contributed by atoms with van der Waals surface area (Å²) in [7, 11) is 0. The first-order valence-corrected chi connectivity index (χ1v) is 7.82. The molecule has 3 rings (SSSR count). The molecule has 1 aliphatic heterocycles. The van der Waals surface area contributed by atoms with Crippen LogP contribution in [0.4, 0.5) is 5.95 Å². The number of benzene rings is 1. The number of hydrogen-bond donors (Lipinski definition) is 0. The van der Waals surface area contributed by atoms with E-state index in [2.05, 4.69) is 19.8 Å². The van der Waals surface area contributed by atoms with Crippen molar-refractivity contribution in [2.24, 2.45) is 0 Å². The van der Waals surface area contributed by atoms with Crippen LogP contribution in [0.3, 0.4) is 0 Å². The highest BCUT2D eigenvalue weighted by atomic mass is 35.5. The maximum Gasteiger partial charge on any atom is 0.225 e. The molecule has 1 fully saturated rings. The Kier molecular flexibility index (Phi) is 5.08. The van der Waals surface area contributed by atoms with Crippen molar-refractivity contribution in [2.45, 2.75) is 0 Å². The smallest absolute Gasteiger partial charge is 0.225 e. The number of ether oxygens (including phenoxy) is 1. The van der Waals surface area contributed by atoms with Crippen molar-refractivity contribution in [1.29, 1.82) is 0 Å². The monoisotopic (exact) mass is 318 g/mol. The van der Waals surface area contributed by atoms with Crippen LogP contribution < -0.4 is 9.64 Å². The fraction of sp³-hybridized carbons (Fsp3) is 0.375. The first-order chi connectivity index (χ1) is 10.8. The Balaban J connectivity index is 1.41. The Morgan fingerprint density at radius 3 is 2.55 bits per heavy atom. The lowest BCUT2D eigenvalue weighted by atomic mass is 10.3. The third-order valence-electron chi connectivity index (χ3n) is 3.68. The normalized spacial score (nSPS) is 15.8. The molecule has 1 aromatic heterocycles. The number of anilines is 1. The summed E-state index contributed by atoms with van der Waals surface area (Å²) in [6.45, 7) is 5.47. The average molecular weight is 319 g/mol. The van der Waals surface area contributed by atoms with E-state index in [9.17, 15) is 0 Å². The van der Waals surface area contributed by atoms with Crippen molar-refractivity contribution in [1.82, 2.24) is 14.9 Å². The molecule has 0 saturated carbocycles. The maximum absolute atomic E-state index is 5.94. The minimum atomic E-state index is 0.669. The fourth-order valence-corrected chi connectivity index (χ4v) is 2.66. The average Bonchev–Trinajstić information content (AvgIpc) is 2.56. The van der Waals surface area contributed by atoms with E-state index in [4.69, 9.17) is 16.3 Å². The summed E-state index contributed by atoms with van der Waals surface area (Å²) in [6, 6.07) is 9.35. The molecular weight excluding hydrogens is 300 g/mol. The lowest BCUT2D eigenvalue weighted by molar-refractivity contribution is 0.200. The molecule has 0 N–H and O–H groups in total. The molecule has 22 heavy (non-hydrogen) atoms. The van der Waals surface area contributed by atoms with Crippen molar-refractivity contribution in [2.75, 3.05) is 44.2 Å². The number of aromatic nitrogens is 2. The molecule has 6 heteroatoms. The summed E-state index contributed by atoms with van der Waals surface area (Å²) >= 11 is 5.94. The highest BCUT2D eigenvalue weighted by Crippen LogP contribution is 2.17. The second-order valence-corrected chi connectivity index (χ2v) is 5.62. The van der Waals surface area contributed by atoms with E-state index in [-0.39, 0.29) is 0 Å². The molecule has 5 nitrogen and oxygen atoms in total. The van der Waals surface area contributed by atoms with E-state index in [1.165, 1.54) is 0 Å². The number of hydrogen-bond acceptors (Lipinski definition) is 5. The van der Waals surface area contributed by atoms with E-state index in [1.807, 2.05) is 30.3 Å². The predicted molar refractivity (Wildman–Crippen MR) is 87.6 cm³/mol. The largest absolute Gasteiger partial charge is 0.492 e. The van der Waals surface area contributed by atoms with Crippen molar-refractivity contribution in [3.05, 3.63) is 47.7 Å². The van der Waals surface area contributed by atoms with Crippen LogP contribution in [0.15, 0.2) is 42.7 Å². The van der Waals surface area contributed by atoms with Gasteiger partial charge in [-0.15, -0.1) is 0 Å². The van der Waals surface area contributed by atoms with Crippen molar-refractivity contribution in [3.8, 4) is 5.75 Å². The summed E-state index contributed by atoms with van der Waals surface area (Å²) in [5.74, 6) is 1.64. The molecule has 116 valence electrons. The van der Waals surface area contributed by atoms with Gasteiger partial charge >= 0.3 is 0 Å². The molecule has 1 aromatic carbocycles. The second kappa shape index (κ2) is 7.42. The Morgan fingerprint density at radius 2 is 1.82 bits per heavy atom. The maximum atomic E-state index is 5.94. The summed E-state index contributed by atoms with van der Waals surface area (Å²) in [4.78, 5) is 13.2. The molecule has 0 bridgehead atoms. The zero-order chi connectivity index (χ0) is 15.2. The molecule has 1 saturated heterocycles. The summed E-state index contributed by atoms with van der Waals surface area (Å²) in [5, 5.41) is 0.703. The van der Waals surface area contributed by atoms with Crippen LogP contribution in [0.2, 0.25) is 5.02 Å². The van der Waals surface area contributed by atoms with Gasteiger partial charge in [-0.2, -0.15) is 0 Å². The van der Waals surface area contributed by atoms with E-state index < -0.39 is 0 Å². The molecule has 0 atom stereocenters. The van der Waals surface area contributed by atoms with Gasteiger partial charge in [0.05, 0.1) is 0 Å². The van der Waals surface area contributed by atoms with E-state index >= 15 is 0 Å². The molecule has 0 unspecified atom stereocenters. The molecule has 0 spiro atoms. The van der Waals surface area contributed by atoms with Crippen molar-refractivity contribution in [3.63, 3.8) is 0 Å². The van der Waals surface area contributed by atoms with Gasteiger partial charge in [0.25, 0.3) is 0 Å². The van der Waals surface area contributed by atoms with E-state index in [0.29, 0.717) is 11.6 Å². The van der Waals surface area contributed by atoms with Crippen LogP contribution in [0.1, 0.15) is 0 Å². The van der Waals surface area contributed by atoms with Gasteiger partial charge in [-0.1, -0.05) is 17.7 Å². The van der Waals surface area contributed by atoms with Gasteiger partial charge < -0.3 is 9.64 Å². The first kappa shape index (κ1) is 15.1. The Labute approximate surface area is 135 Å². The Bertz CT molecular complexity index is 588. The third kappa shape index (κ3) is 4.08. The highest BCUT2D eigenvalue weighted by Gasteiger charge is 2.18. The molecule has 1 aliphatic rings. The molecule has 0 radical (unpaired) electrons. The van der Waals surface area contributed by atoms with Gasteiger partial charge in [0.1, 0.15) is 12.4 Å². The third-order valence-corrected chi connectivity index (χ3v) is 3.91. The van der Waals surface area contributed by atoms with Crippen LogP contribution in [-0.4, -0.2) is 54.2 Å². The number of rotatable bonds is 5. The van der Waals surface area contributed by atoms with Crippen LogP contribution in [0.25, 0.3) is 0 Å². The van der Waals surface area contributed by atoms with Gasteiger partial charge in [-0.3, -0.25) is 4.90 Å². The first-order valence-electron chi connectivity index (χ1n) is 7.44. The second-order valence-electron chi connectivity index (χ2n) is 5.18. The van der Waals surface area contributed by atoms with Crippen molar-refractivity contribution < 1.29 is 4.74 Å². The number of halogens is 1. The summed E-state index contributed by atoms with van der Waals surface area (Å²) < 4.78 is 5.74. The molecular formula is C16H19ClN4O. The zero-order valence-electron chi connectivity index (χ0n) is 12.4. The minimum Gasteiger partial charge on any atom is -0.492 e. The molecule has 0 amide bonds. The lowest BCUT2D eigenvalue weighted by Crippen LogP contribution is -2.48. The SMILES string of the molecule is Clc1cccc(OCCN2CCN(c3ncccn3)CC2)c1. The standard InChI is InChI=1S/C16H19ClN4O/c17-14-3-1-4-15(13-14)22-12-11-20-7-9-21(10-8-20)16-18-5-2-6-19-16/h1-6,13H,7-12H2. The van der Waals surface area contributed by atoms with Gasteiger partial charge in [-0.25, -0.2) is 9.97 Å². The van der Waals surface area contributed by atoms with Crippen LogP contribution in [0.5, 0.6) is 5.75 Å². The van der Waals surface area contributed by atoms with Gasteiger partial charge in [0.2, 0.25) is 5.95 Å². The molecule has 2 heterocycles. The minimum absolute atomic E-state index is 0.669. The van der Waals surface area contributed by atoms with Gasteiger partial charge in [0.15, 0.2) is 0 Å². The van der Waals surface area contributed by atoms with Gasteiger partial charge in [0, 0.05) is 50.1 Å². The van der Waals surface area contributed by atoms with Gasteiger partial charge in [-0.05, 0) is 24.3 Å². The zero-order valence-corrected chi connectivity index (χ0v) is 13.1. The molecule has 0 aliphatic carbocycles. The molecule has 2 aromatic rings. The number of nitrogens with zero attached hydrogens (tertiary/aromatic N) is 4. The quantitative estimate of drug-likeness (QED) is 0.846. The van der Waals surface area contributed by atoms with E-state index in [0.717, 1.165) is 44.4 Å².